The first-order chi connectivity index (χ1) is 4.41. The van der Waals surface area contributed by atoms with E-state index >= 15 is 0 Å². The molecule has 0 atom stereocenters. The maximum atomic E-state index is 2.29. The number of hydrogen-bond acceptors (Lipinski definition) is 0. The van der Waals surface area contributed by atoms with Crippen LogP contribution in [0.2, 0.25) is 8.87 Å². The van der Waals surface area contributed by atoms with E-state index in [0.717, 1.165) is 0 Å². The summed E-state index contributed by atoms with van der Waals surface area (Å²) in [7, 11) is 0. The minimum absolute atomic E-state index is 0. The van der Waals surface area contributed by atoms with Gasteiger partial charge in [0, 0.05) is 16.5 Å². The first-order valence-electron chi connectivity index (χ1n) is 4.12. The molecule has 0 rings (SSSR count). The van der Waals surface area contributed by atoms with Gasteiger partial charge in [0.05, 0.1) is 0 Å². The predicted molar refractivity (Wildman–Crippen MR) is 45.2 cm³/mol. The molecule has 0 spiro atoms. The Morgan fingerprint density at radius 1 is 0.900 bits per heavy atom. The zero-order valence-corrected chi connectivity index (χ0v) is 10.9. The molecular weight excluding hydrogens is 273 g/mol. The van der Waals surface area contributed by atoms with Crippen molar-refractivity contribution in [3.8, 4) is 0 Å². The van der Waals surface area contributed by atoms with Crippen LogP contribution in [0.1, 0.15) is 39.5 Å². The Balaban J connectivity index is 0. The summed E-state index contributed by atoms with van der Waals surface area (Å²) < 4.78 is 3.25. The molecule has 2 radical (unpaired) electrons. The molecule has 0 aliphatic rings. The van der Waals surface area contributed by atoms with Crippen LogP contribution < -0.4 is 0 Å². The van der Waals surface area contributed by atoms with Gasteiger partial charge in [-0.25, -0.2) is 0 Å². The molecule has 0 aliphatic carbocycles. The van der Waals surface area contributed by atoms with Crippen LogP contribution in [-0.4, -0.2) is 21.1 Å². The zero-order valence-electron chi connectivity index (χ0n) is 7.06. The summed E-state index contributed by atoms with van der Waals surface area (Å²) in [5, 5.41) is 0. The zero-order chi connectivity index (χ0) is 6.95. The smallest absolute Gasteiger partial charge is 0 e. The maximum absolute atomic E-state index is 2.29. The van der Waals surface area contributed by atoms with Gasteiger partial charge in [0.25, 0.3) is 0 Å². The molecular formula is C8H18NiSn. The Morgan fingerprint density at radius 3 is 1.60 bits per heavy atom. The maximum Gasteiger partial charge on any atom is 0 e. The third-order valence-electron chi connectivity index (χ3n) is 1.41. The van der Waals surface area contributed by atoms with Crippen molar-refractivity contribution < 1.29 is 16.5 Å². The van der Waals surface area contributed by atoms with Crippen molar-refractivity contribution in [1.29, 1.82) is 0 Å². The molecule has 0 amide bonds. The van der Waals surface area contributed by atoms with E-state index in [0.29, 0.717) is 0 Å². The molecule has 0 saturated heterocycles. The third kappa shape index (κ3) is 12.0. The minimum Gasteiger partial charge on any atom is 0 e. The molecule has 0 saturated carbocycles. The molecule has 0 nitrogen and oxygen atoms in total. The van der Waals surface area contributed by atoms with Gasteiger partial charge in [-0.15, -0.1) is 0 Å². The second-order valence-electron chi connectivity index (χ2n) is 2.46. The van der Waals surface area contributed by atoms with Gasteiger partial charge in [0.2, 0.25) is 0 Å². The Bertz CT molecular complexity index is 42.5. The van der Waals surface area contributed by atoms with Gasteiger partial charge in [0.1, 0.15) is 0 Å². The van der Waals surface area contributed by atoms with Gasteiger partial charge in [-0.3, -0.25) is 0 Å². The summed E-state index contributed by atoms with van der Waals surface area (Å²) in [6, 6.07) is 0. The van der Waals surface area contributed by atoms with E-state index in [2.05, 4.69) is 13.8 Å². The summed E-state index contributed by atoms with van der Waals surface area (Å²) in [5.74, 6) is 0. The minimum atomic E-state index is 0. The summed E-state index contributed by atoms with van der Waals surface area (Å²) in [6.45, 7) is 4.58. The monoisotopic (exact) mass is 292 g/mol. The first-order valence-corrected chi connectivity index (χ1v) is 8.16. The van der Waals surface area contributed by atoms with Crippen LogP contribution in [0.25, 0.3) is 0 Å². The van der Waals surface area contributed by atoms with Crippen LogP contribution in [0.5, 0.6) is 0 Å². The molecule has 0 N–H and O–H groups in total. The van der Waals surface area contributed by atoms with Crippen LogP contribution in [0.4, 0.5) is 0 Å². The van der Waals surface area contributed by atoms with E-state index < -0.39 is 0 Å². The first kappa shape index (κ1) is 13.9. The molecule has 0 heterocycles. The molecule has 0 unspecified atom stereocenters. The Labute approximate surface area is 85.7 Å². The largest absolute Gasteiger partial charge is 0 e. The van der Waals surface area contributed by atoms with Crippen LogP contribution in [0, 0.1) is 0 Å². The van der Waals surface area contributed by atoms with Crippen molar-refractivity contribution in [2.75, 3.05) is 0 Å². The van der Waals surface area contributed by atoms with Crippen LogP contribution in [0.15, 0.2) is 0 Å². The molecule has 0 bridgehead atoms. The molecule has 0 fully saturated rings. The van der Waals surface area contributed by atoms with Crippen molar-refractivity contribution in [3.63, 3.8) is 0 Å². The molecule has 0 aromatic rings. The van der Waals surface area contributed by atoms with Gasteiger partial charge >= 0.3 is 69.5 Å². The average molecular weight is 292 g/mol. The van der Waals surface area contributed by atoms with Crippen molar-refractivity contribution in [3.05, 3.63) is 0 Å². The van der Waals surface area contributed by atoms with E-state index in [9.17, 15) is 0 Å². The van der Waals surface area contributed by atoms with Gasteiger partial charge in [-0.2, -0.15) is 0 Å². The number of rotatable bonds is 6. The van der Waals surface area contributed by atoms with Crippen molar-refractivity contribution >= 4 is 21.1 Å². The van der Waals surface area contributed by atoms with Crippen LogP contribution in [0.3, 0.4) is 0 Å². The van der Waals surface area contributed by atoms with E-state index in [4.69, 9.17) is 0 Å². The standard InChI is InChI=1S/2C4H9.Ni.Sn/c2*1-3-4-2;;/h2*1,3-4H2,2H3;;. The fourth-order valence-electron chi connectivity index (χ4n) is 0.729. The molecule has 0 aliphatic heterocycles. The summed E-state index contributed by atoms with van der Waals surface area (Å²) in [4.78, 5) is 0. The fraction of sp³-hybridized carbons (Fsp3) is 1.00. The molecule has 2 heteroatoms. The van der Waals surface area contributed by atoms with Crippen LogP contribution >= 0.6 is 0 Å². The van der Waals surface area contributed by atoms with Gasteiger partial charge < -0.3 is 0 Å². The average Bonchev–Trinajstić information content (AvgIpc) is 1.89. The molecule has 64 valence electrons. The van der Waals surface area contributed by atoms with E-state index in [1.807, 2.05) is 0 Å². The second-order valence-corrected chi connectivity index (χ2v) is 6.74. The van der Waals surface area contributed by atoms with E-state index in [-0.39, 0.29) is 37.6 Å². The summed E-state index contributed by atoms with van der Waals surface area (Å²) in [6.07, 6.45) is 5.84. The van der Waals surface area contributed by atoms with Gasteiger partial charge in [-0.1, -0.05) is 0 Å². The van der Waals surface area contributed by atoms with Crippen molar-refractivity contribution in [1.82, 2.24) is 0 Å². The van der Waals surface area contributed by atoms with Crippen LogP contribution in [-0.2, 0) is 16.5 Å². The quantitative estimate of drug-likeness (QED) is 0.521. The molecule has 0 aromatic heterocycles. The summed E-state index contributed by atoms with van der Waals surface area (Å²) >= 11 is 0.149. The SMILES string of the molecule is CCC[CH2][Sn][CH2]CCC.[Ni]. The Morgan fingerprint density at radius 2 is 1.30 bits per heavy atom. The van der Waals surface area contributed by atoms with E-state index in [1.54, 1.807) is 8.87 Å². The Kier molecular flexibility index (Phi) is 17.9. The summed E-state index contributed by atoms with van der Waals surface area (Å²) in [5.41, 5.74) is 0. The number of unbranched alkanes of at least 4 members (excludes halogenated alkanes) is 2. The van der Waals surface area contributed by atoms with Gasteiger partial charge in [-0.05, 0) is 0 Å². The normalized spacial score (nSPS) is 9.00. The predicted octanol–water partition coefficient (Wildman–Crippen LogP) is 3.12. The third-order valence-corrected chi connectivity index (χ3v) is 5.45. The van der Waals surface area contributed by atoms with Crippen molar-refractivity contribution in [2.24, 2.45) is 0 Å². The van der Waals surface area contributed by atoms with Crippen molar-refractivity contribution in [2.45, 2.75) is 48.4 Å². The topological polar surface area (TPSA) is 0 Å². The van der Waals surface area contributed by atoms with E-state index in [1.165, 1.54) is 25.7 Å². The molecule has 10 heavy (non-hydrogen) atoms. The van der Waals surface area contributed by atoms with Gasteiger partial charge in [0.15, 0.2) is 0 Å². The number of hydrogen-bond donors (Lipinski definition) is 0. The Hall–Kier alpha value is 1.29. The molecule has 0 aromatic carbocycles. The second kappa shape index (κ2) is 12.9. The fourth-order valence-corrected chi connectivity index (χ4v) is 4.89.